The summed E-state index contributed by atoms with van der Waals surface area (Å²) in [5.74, 6) is 1.86. The molecule has 1 aliphatic carbocycles. The number of rotatable bonds is 8. The summed E-state index contributed by atoms with van der Waals surface area (Å²) in [7, 11) is 1.63. The molecule has 1 aromatic rings. The third-order valence-electron chi connectivity index (χ3n) is 4.26. The van der Waals surface area contributed by atoms with E-state index in [9.17, 15) is 5.11 Å². The van der Waals surface area contributed by atoms with E-state index in [0.717, 1.165) is 44.3 Å². The van der Waals surface area contributed by atoms with Crippen molar-refractivity contribution in [1.29, 1.82) is 0 Å². The third-order valence-corrected chi connectivity index (χ3v) is 4.54. The van der Waals surface area contributed by atoms with E-state index in [1.54, 1.807) is 7.11 Å². The molecule has 0 bridgehead atoms. The SMILES string of the molecule is CCCOc1c(Cl)cc(CNCC2CCCC(O)C2)cc1OC. The molecule has 23 heavy (non-hydrogen) atoms. The number of nitrogens with one attached hydrogen (secondary N) is 1. The first-order chi connectivity index (χ1) is 11.1. The monoisotopic (exact) mass is 341 g/mol. The van der Waals surface area contributed by atoms with Gasteiger partial charge in [-0.15, -0.1) is 0 Å². The Bertz CT molecular complexity index is 495. The van der Waals surface area contributed by atoms with Gasteiger partial charge in [-0.25, -0.2) is 0 Å². The highest BCUT2D eigenvalue weighted by Crippen LogP contribution is 2.36. The van der Waals surface area contributed by atoms with E-state index >= 15 is 0 Å². The molecule has 0 heterocycles. The predicted octanol–water partition coefficient (Wildman–Crippen LogP) is 3.78. The number of benzene rings is 1. The normalized spacial score (nSPS) is 21.2. The average molecular weight is 342 g/mol. The average Bonchev–Trinajstić information content (AvgIpc) is 2.53. The number of ether oxygens (including phenoxy) is 2. The first-order valence-corrected chi connectivity index (χ1v) is 8.89. The summed E-state index contributed by atoms with van der Waals surface area (Å²) in [6.45, 7) is 4.33. The minimum absolute atomic E-state index is 0.125. The molecule has 1 saturated carbocycles. The Labute approximate surface area is 144 Å². The fraction of sp³-hybridized carbons (Fsp3) is 0.667. The Kier molecular flexibility index (Phi) is 7.47. The van der Waals surface area contributed by atoms with Gasteiger partial charge in [0.05, 0.1) is 24.8 Å². The zero-order valence-corrected chi connectivity index (χ0v) is 14.9. The molecule has 0 saturated heterocycles. The summed E-state index contributed by atoms with van der Waals surface area (Å²) in [6, 6.07) is 3.90. The highest BCUT2D eigenvalue weighted by Gasteiger charge is 2.19. The molecule has 0 aliphatic heterocycles. The summed E-state index contributed by atoms with van der Waals surface area (Å²) < 4.78 is 11.1. The highest BCUT2D eigenvalue weighted by atomic mass is 35.5. The Morgan fingerprint density at radius 2 is 2.17 bits per heavy atom. The van der Waals surface area contributed by atoms with Gasteiger partial charge in [-0.2, -0.15) is 0 Å². The number of hydrogen-bond acceptors (Lipinski definition) is 4. The molecule has 1 fully saturated rings. The van der Waals surface area contributed by atoms with E-state index in [2.05, 4.69) is 12.2 Å². The van der Waals surface area contributed by atoms with Crippen LogP contribution in [-0.4, -0.2) is 31.5 Å². The van der Waals surface area contributed by atoms with Crippen molar-refractivity contribution in [2.24, 2.45) is 5.92 Å². The maximum atomic E-state index is 9.73. The molecule has 2 atom stereocenters. The Morgan fingerprint density at radius 1 is 1.35 bits per heavy atom. The summed E-state index contributed by atoms with van der Waals surface area (Å²) >= 11 is 6.33. The lowest BCUT2D eigenvalue weighted by Gasteiger charge is -2.26. The molecule has 0 amide bonds. The fourth-order valence-electron chi connectivity index (χ4n) is 3.09. The first kappa shape index (κ1) is 18.4. The van der Waals surface area contributed by atoms with Gasteiger partial charge in [0, 0.05) is 6.54 Å². The van der Waals surface area contributed by atoms with E-state index < -0.39 is 0 Å². The second kappa shape index (κ2) is 9.36. The van der Waals surface area contributed by atoms with Crippen LogP contribution < -0.4 is 14.8 Å². The van der Waals surface area contributed by atoms with Crippen LogP contribution in [0.5, 0.6) is 11.5 Å². The molecular weight excluding hydrogens is 314 g/mol. The smallest absolute Gasteiger partial charge is 0.179 e. The predicted molar refractivity (Wildman–Crippen MR) is 93.5 cm³/mol. The molecule has 1 aliphatic rings. The molecule has 1 aromatic carbocycles. The summed E-state index contributed by atoms with van der Waals surface area (Å²) in [6.07, 6.45) is 4.97. The van der Waals surface area contributed by atoms with Crippen LogP contribution in [0.2, 0.25) is 5.02 Å². The molecule has 0 radical (unpaired) electrons. The number of aliphatic hydroxyl groups is 1. The van der Waals surface area contributed by atoms with Crippen LogP contribution >= 0.6 is 11.6 Å². The van der Waals surface area contributed by atoms with Crippen molar-refractivity contribution in [3.8, 4) is 11.5 Å². The van der Waals surface area contributed by atoms with Crippen molar-refractivity contribution < 1.29 is 14.6 Å². The lowest BCUT2D eigenvalue weighted by Crippen LogP contribution is -2.28. The van der Waals surface area contributed by atoms with Gasteiger partial charge < -0.3 is 19.9 Å². The second-order valence-corrected chi connectivity index (χ2v) is 6.68. The van der Waals surface area contributed by atoms with E-state index in [4.69, 9.17) is 21.1 Å². The lowest BCUT2D eigenvalue weighted by molar-refractivity contribution is 0.101. The van der Waals surface area contributed by atoms with Gasteiger partial charge in [0.25, 0.3) is 0 Å². The molecule has 2 rings (SSSR count). The van der Waals surface area contributed by atoms with E-state index in [1.807, 2.05) is 12.1 Å². The standard InChI is InChI=1S/C18H28ClNO3/c1-3-7-23-18-16(19)9-14(10-17(18)22-2)12-20-11-13-5-4-6-15(21)8-13/h9-10,13,15,20-21H,3-8,11-12H2,1-2H3. The number of hydrogen-bond donors (Lipinski definition) is 2. The van der Waals surface area contributed by atoms with Crippen LogP contribution in [0.3, 0.4) is 0 Å². The van der Waals surface area contributed by atoms with Gasteiger partial charge in [0.1, 0.15) is 0 Å². The lowest BCUT2D eigenvalue weighted by atomic mass is 9.87. The first-order valence-electron chi connectivity index (χ1n) is 8.52. The Hall–Kier alpha value is -0.970. The largest absolute Gasteiger partial charge is 0.493 e. The maximum absolute atomic E-state index is 9.73. The zero-order chi connectivity index (χ0) is 16.7. The minimum Gasteiger partial charge on any atom is -0.493 e. The van der Waals surface area contributed by atoms with Crippen molar-refractivity contribution in [2.75, 3.05) is 20.3 Å². The van der Waals surface area contributed by atoms with Crippen molar-refractivity contribution in [2.45, 2.75) is 51.7 Å². The van der Waals surface area contributed by atoms with Crippen LogP contribution in [0.4, 0.5) is 0 Å². The Morgan fingerprint density at radius 3 is 2.87 bits per heavy atom. The van der Waals surface area contributed by atoms with Crippen LogP contribution in [0.1, 0.15) is 44.6 Å². The van der Waals surface area contributed by atoms with Crippen molar-refractivity contribution in [1.82, 2.24) is 5.32 Å². The third kappa shape index (κ3) is 5.55. The van der Waals surface area contributed by atoms with Crippen LogP contribution in [0, 0.1) is 5.92 Å². The molecule has 2 N–H and O–H groups in total. The quantitative estimate of drug-likeness (QED) is 0.755. The molecule has 130 valence electrons. The number of halogens is 1. The number of methoxy groups -OCH3 is 1. The van der Waals surface area contributed by atoms with Crippen LogP contribution in [0.15, 0.2) is 12.1 Å². The van der Waals surface area contributed by atoms with Gasteiger partial charge in [-0.3, -0.25) is 0 Å². The van der Waals surface area contributed by atoms with Gasteiger partial charge in [0.2, 0.25) is 0 Å². The van der Waals surface area contributed by atoms with Gasteiger partial charge >= 0.3 is 0 Å². The summed E-state index contributed by atoms with van der Waals surface area (Å²) in [5, 5.41) is 13.8. The van der Waals surface area contributed by atoms with Crippen molar-refractivity contribution in [3.05, 3.63) is 22.7 Å². The van der Waals surface area contributed by atoms with Crippen molar-refractivity contribution in [3.63, 3.8) is 0 Å². The number of aliphatic hydroxyl groups excluding tert-OH is 1. The second-order valence-electron chi connectivity index (χ2n) is 6.27. The highest BCUT2D eigenvalue weighted by molar-refractivity contribution is 6.32. The fourth-order valence-corrected chi connectivity index (χ4v) is 3.38. The summed E-state index contributed by atoms with van der Waals surface area (Å²) in [5.41, 5.74) is 1.08. The van der Waals surface area contributed by atoms with E-state index in [-0.39, 0.29) is 6.10 Å². The topological polar surface area (TPSA) is 50.7 Å². The maximum Gasteiger partial charge on any atom is 0.179 e. The minimum atomic E-state index is -0.125. The van der Waals surface area contributed by atoms with Gasteiger partial charge in [0.15, 0.2) is 11.5 Å². The van der Waals surface area contributed by atoms with Gasteiger partial charge in [-0.1, -0.05) is 24.9 Å². The van der Waals surface area contributed by atoms with Crippen LogP contribution in [-0.2, 0) is 6.54 Å². The molecule has 0 spiro atoms. The Balaban J connectivity index is 1.90. The van der Waals surface area contributed by atoms with E-state index in [0.29, 0.717) is 29.0 Å². The molecule has 0 aromatic heterocycles. The van der Waals surface area contributed by atoms with E-state index in [1.165, 1.54) is 6.42 Å². The molecule has 5 heteroatoms. The summed E-state index contributed by atoms with van der Waals surface area (Å²) in [4.78, 5) is 0. The molecule has 2 unspecified atom stereocenters. The molecular formula is C18H28ClNO3. The molecule has 4 nitrogen and oxygen atoms in total. The van der Waals surface area contributed by atoms with Gasteiger partial charge in [-0.05, 0) is 55.8 Å². The zero-order valence-electron chi connectivity index (χ0n) is 14.1. The van der Waals surface area contributed by atoms with Crippen LogP contribution in [0.25, 0.3) is 0 Å². The van der Waals surface area contributed by atoms with Crippen molar-refractivity contribution >= 4 is 11.6 Å².